The zero-order chi connectivity index (χ0) is 50.8. The third-order valence-corrected chi connectivity index (χ3v) is 12.5. The molecule has 21 heteroatoms. The number of pyridine rings is 1. The van der Waals surface area contributed by atoms with Crippen molar-refractivity contribution in [1.82, 2.24) is 48.5 Å². The minimum Gasteiger partial charge on any atom is -0.495 e. The highest BCUT2D eigenvalue weighted by molar-refractivity contribution is 6.13. The molecule has 2 aromatic carbocycles. The minimum atomic E-state index is -0.642. The summed E-state index contributed by atoms with van der Waals surface area (Å²) in [6.45, 7) is 10.3. The molecule has 5 aromatic heterocycles. The molecule has 0 unspecified atom stereocenters. The molecule has 5 N–H and O–H groups in total. The van der Waals surface area contributed by atoms with Gasteiger partial charge in [0.2, 0.25) is 23.7 Å². The number of carbonyl (C=O) groups is 6. The molecule has 21 nitrogen and oxygen atoms in total. The van der Waals surface area contributed by atoms with Crippen LogP contribution in [0.2, 0.25) is 0 Å². The molecule has 9 rings (SSSR count). The summed E-state index contributed by atoms with van der Waals surface area (Å²) in [6, 6.07) is 14.4. The van der Waals surface area contributed by atoms with E-state index >= 15 is 0 Å². The highest BCUT2D eigenvalue weighted by atomic mass is 16.5. The lowest BCUT2D eigenvalue weighted by Gasteiger charge is -2.19. The molecule has 1 fully saturated rings. The second-order valence-electron chi connectivity index (χ2n) is 17.6. The van der Waals surface area contributed by atoms with Crippen molar-refractivity contribution in [2.75, 3.05) is 39.2 Å². The summed E-state index contributed by atoms with van der Waals surface area (Å²) >= 11 is 0. The normalized spacial score (nSPS) is 13.3. The topological polar surface area (TPSA) is 263 Å². The van der Waals surface area contributed by atoms with Gasteiger partial charge in [0.1, 0.15) is 28.4 Å². The summed E-state index contributed by atoms with van der Waals surface area (Å²) in [6.07, 6.45) is 4.98. The first-order valence-electron chi connectivity index (χ1n) is 23.4. The van der Waals surface area contributed by atoms with Gasteiger partial charge in [-0.2, -0.15) is 10.2 Å². The van der Waals surface area contributed by atoms with Crippen LogP contribution in [0.5, 0.6) is 11.5 Å². The Kier molecular flexibility index (Phi) is 14.0. The zero-order valence-electron chi connectivity index (χ0n) is 40.8. The van der Waals surface area contributed by atoms with Crippen molar-refractivity contribution < 1.29 is 38.2 Å². The molecular weight excluding hydrogens is 911 g/mol. The van der Waals surface area contributed by atoms with Crippen LogP contribution in [0.1, 0.15) is 82.1 Å². The van der Waals surface area contributed by atoms with E-state index in [-0.39, 0.29) is 37.0 Å². The molecular formula is C50H57N13O8. The summed E-state index contributed by atoms with van der Waals surface area (Å²) in [5.41, 5.74) is 18.4. The number of methoxy groups -OCH3 is 1. The van der Waals surface area contributed by atoms with E-state index in [2.05, 4.69) is 27.4 Å². The van der Waals surface area contributed by atoms with Gasteiger partial charge < -0.3 is 35.0 Å². The number of nitrogens with two attached hydrogens (primary N) is 2. The maximum Gasteiger partial charge on any atom is 0.276 e. The number of anilines is 1. The van der Waals surface area contributed by atoms with Gasteiger partial charge in [0.25, 0.3) is 17.7 Å². The van der Waals surface area contributed by atoms with Crippen molar-refractivity contribution in [3.63, 3.8) is 0 Å². The van der Waals surface area contributed by atoms with Crippen LogP contribution in [0.4, 0.5) is 5.95 Å². The van der Waals surface area contributed by atoms with Crippen LogP contribution in [-0.2, 0) is 41.1 Å². The highest BCUT2D eigenvalue weighted by Crippen LogP contribution is 2.38. The van der Waals surface area contributed by atoms with Gasteiger partial charge in [-0.1, -0.05) is 0 Å². The van der Waals surface area contributed by atoms with Gasteiger partial charge in [-0.05, 0) is 101 Å². The van der Waals surface area contributed by atoms with E-state index in [0.29, 0.717) is 71.7 Å². The smallest absolute Gasteiger partial charge is 0.276 e. The van der Waals surface area contributed by atoms with Crippen molar-refractivity contribution in [2.24, 2.45) is 24.4 Å². The number of ether oxygens (including phenoxy) is 2. The van der Waals surface area contributed by atoms with Gasteiger partial charge in [-0.25, -0.2) is 9.97 Å². The number of imide groups is 1. The number of primary amides is 2. The molecule has 6 heterocycles. The van der Waals surface area contributed by atoms with Crippen LogP contribution < -0.4 is 26.3 Å². The van der Waals surface area contributed by atoms with Crippen LogP contribution in [-0.4, -0.2) is 118 Å². The standard InChI is InChI=1S/C30H36N8O6.C20H21N5O2/c1-4-38-22(14-18(2)34-38)29(43)33-30-32-21-15-20(28(31)42)16-23(27(21)37(30)17-19-6-7-19)44-13-5-11-35(3)24(39)10-12-36-25(40)8-9-26(36)41;1-5-25-16(8-11(2)23-25)15-7-6-13-14-9-12(19(21)26)10-17(27-4)18(14)24(3)20(13)22-15/h8-9,14-16,19H,4-7,10-13,17H2,1-3H3,(H2,31,42)(H,32,33,43);6-10H,5H2,1-4H3,(H2,21,26). The number of rotatable bonds is 18. The lowest BCUT2D eigenvalue weighted by molar-refractivity contribution is -0.138. The lowest BCUT2D eigenvalue weighted by Crippen LogP contribution is -2.36. The number of benzene rings is 2. The van der Waals surface area contributed by atoms with E-state index in [1.165, 1.54) is 17.1 Å². The summed E-state index contributed by atoms with van der Waals surface area (Å²) < 4.78 is 19.1. The number of imidazole rings is 1. The molecule has 0 radical (unpaired) electrons. The first-order chi connectivity index (χ1) is 34.0. The Morgan fingerprint density at radius 2 is 1.49 bits per heavy atom. The molecule has 1 aliphatic carbocycles. The van der Waals surface area contributed by atoms with E-state index in [1.807, 2.05) is 59.8 Å². The zero-order valence-corrected chi connectivity index (χ0v) is 40.8. The average molecular weight is 968 g/mol. The third-order valence-electron chi connectivity index (χ3n) is 12.5. The monoisotopic (exact) mass is 967 g/mol. The highest BCUT2D eigenvalue weighted by Gasteiger charge is 2.29. The molecule has 2 aliphatic rings. The maximum absolute atomic E-state index is 13.3. The Labute approximate surface area is 408 Å². The number of fused-ring (bicyclic) bond motifs is 4. The van der Waals surface area contributed by atoms with Gasteiger partial charge >= 0.3 is 0 Å². The molecule has 1 saturated carbocycles. The number of amides is 6. The summed E-state index contributed by atoms with van der Waals surface area (Å²) in [5.74, 6) is -0.778. The number of hydrogen-bond acceptors (Lipinski definition) is 12. The maximum atomic E-state index is 13.3. The van der Waals surface area contributed by atoms with E-state index in [4.69, 9.17) is 25.9 Å². The molecule has 1 aliphatic heterocycles. The van der Waals surface area contributed by atoms with Crippen molar-refractivity contribution in [3.05, 3.63) is 88.9 Å². The minimum absolute atomic E-state index is 0.0191. The van der Waals surface area contributed by atoms with Crippen molar-refractivity contribution in [3.8, 4) is 22.9 Å². The summed E-state index contributed by atoms with van der Waals surface area (Å²) in [5, 5.41) is 13.6. The number of aromatic nitrogens is 8. The number of carbonyl (C=O) groups excluding carboxylic acids is 6. The first-order valence-corrected chi connectivity index (χ1v) is 23.4. The van der Waals surface area contributed by atoms with Crippen LogP contribution >= 0.6 is 0 Å². The molecule has 0 bridgehead atoms. The predicted molar refractivity (Wildman–Crippen MR) is 265 cm³/mol. The molecule has 0 saturated heterocycles. The summed E-state index contributed by atoms with van der Waals surface area (Å²) in [7, 11) is 5.17. The Balaban J connectivity index is 0.000000213. The fourth-order valence-electron chi connectivity index (χ4n) is 8.72. The SMILES string of the molecule is CCn1nc(C)cc1-c1ccc2c3cc(C(N)=O)cc(OC)c3n(C)c2n1.CCn1nc(C)cc1C(=O)Nc1nc2cc(C(N)=O)cc(OCCCN(C)C(=O)CCN3C(=O)C=CC3=O)c2n1CC1CC1. The van der Waals surface area contributed by atoms with Gasteiger partial charge in [-0.3, -0.25) is 48.3 Å². The fourth-order valence-corrected chi connectivity index (χ4v) is 8.72. The van der Waals surface area contributed by atoms with E-state index in [0.717, 1.165) is 69.0 Å². The number of nitrogens with one attached hydrogen (secondary N) is 1. The van der Waals surface area contributed by atoms with Gasteiger partial charge in [0.15, 0.2) is 0 Å². The van der Waals surface area contributed by atoms with Crippen LogP contribution in [0.25, 0.3) is 44.4 Å². The molecule has 71 heavy (non-hydrogen) atoms. The number of hydrogen-bond donors (Lipinski definition) is 3. The van der Waals surface area contributed by atoms with Crippen molar-refractivity contribution >= 4 is 74.4 Å². The molecule has 7 aromatic rings. The van der Waals surface area contributed by atoms with E-state index < -0.39 is 23.6 Å². The van der Waals surface area contributed by atoms with Crippen molar-refractivity contribution in [1.29, 1.82) is 0 Å². The third kappa shape index (κ3) is 10.2. The largest absolute Gasteiger partial charge is 0.495 e. The average Bonchev–Trinajstić information content (AvgIpc) is 3.54. The molecule has 370 valence electrons. The Hall–Kier alpha value is -8.36. The second kappa shape index (κ2) is 20.3. The van der Waals surface area contributed by atoms with E-state index in [1.54, 1.807) is 49.2 Å². The van der Waals surface area contributed by atoms with Gasteiger partial charge in [0, 0.05) is 87.3 Å². The quantitative estimate of drug-likeness (QED) is 0.0767. The van der Waals surface area contributed by atoms with Crippen molar-refractivity contribution in [2.45, 2.75) is 73.0 Å². The van der Waals surface area contributed by atoms with E-state index in [9.17, 15) is 28.8 Å². The lowest BCUT2D eigenvalue weighted by atomic mass is 10.1. The Morgan fingerprint density at radius 1 is 0.831 bits per heavy atom. The van der Waals surface area contributed by atoms with Crippen LogP contribution in [0.15, 0.2) is 60.7 Å². The second-order valence-corrected chi connectivity index (χ2v) is 17.6. The fraction of sp³-hybridized carbons (Fsp3) is 0.360. The van der Waals surface area contributed by atoms with Gasteiger partial charge in [-0.15, -0.1) is 0 Å². The Morgan fingerprint density at radius 3 is 2.15 bits per heavy atom. The van der Waals surface area contributed by atoms with Crippen LogP contribution in [0.3, 0.4) is 0 Å². The molecule has 6 amide bonds. The predicted octanol–water partition coefficient (Wildman–Crippen LogP) is 4.89. The molecule has 0 spiro atoms. The molecule has 0 atom stereocenters. The Bertz CT molecular complexity index is 3280. The first kappa shape index (κ1) is 49.1. The number of nitrogens with zero attached hydrogens (tertiary/aromatic N) is 10. The van der Waals surface area contributed by atoms with Gasteiger partial charge in [0.05, 0.1) is 47.5 Å². The number of aryl methyl sites for hydroxylation is 5. The van der Waals surface area contributed by atoms with Crippen LogP contribution in [0, 0.1) is 19.8 Å². The summed E-state index contributed by atoms with van der Waals surface area (Å²) in [4.78, 5) is 85.3.